The van der Waals surface area contributed by atoms with Crippen LogP contribution in [0.4, 0.5) is 10.1 Å². The Hall–Kier alpha value is -2.12. The van der Waals surface area contributed by atoms with Crippen LogP contribution >= 0.6 is 11.6 Å². The highest BCUT2D eigenvalue weighted by Gasteiger charge is 2.21. The summed E-state index contributed by atoms with van der Waals surface area (Å²) in [5.74, 6) is -1.27. The molecular formula is C14H11ClFNO4S. The average Bonchev–Trinajstić information content (AvgIpc) is 2.39. The van der Waals surface area contributed by atoms with Crippen molar-refractivity contribution in [2.45, 2.75) is 11.8 Å². The molecule has 0 aliphatic carbocycles. The first kappa shape index (κ1) is 16.3. The Bertz CT molecular complexity index is 806. The van der Waals surface area contributed by atoms with Crippen LogP contribution < -0.4 is 9.50 Å². The maximum atomic E-state index is 13.7. The van der Waals surface area contributed by atoms with Crippen molar-refractivity contribution in [2.75, 3.05) is 5.32 Å². The molecule has 5 nitrogen and oxygen atoms in total. The lowest BCUT2D eigenvalue weighted by atomic mass is 10.3. The smallest absolute Gasteiger partial charge is 0.342 e. The minimum absolute atomic E-state index is 0.0107. The minimum atomic E-state index is -4.32. The summed E-state index contributed by atoms with van der Waals surface area (Å²) in [5.41, 5.74) is 0.481. The van der Waals surface area contributed by atoms with E-state index in [1.807, 2.05) is 0 Å². The molecule has 1 N–H and O–H groups in total. The monoisotopic (exact) mass is 343 g/mol. The van der Waals surface area contributed by atoms with E-state index in [9.17, 15) is 17.6 Å². The molecular weight excluding hydrogens is 333 g/mol. The lowest BCUT2D eigenvalue weighted by molar-refractivity contribution is -0.114. The normalized spacial score (nSPS) is 11.0. The highest BCUT2D eigenvalue weighted by atomic mass is 35.5. The van der Waals surface area contributed by atoms with Gasteiger partial charge in [-0.1, -0.05) is 11.6 Å². The zero-order valence-electron chi connectivity index (χ0n) is 11.3. The van der Waals surface area contributed by atoms with Crippen LogP contribution in [0.25, 0.3) is 0 Å². The van der Waals surface area contributed by atoms with E-state index in [-0.39, 0.29) is 16.7 Å². The summed E-state index contributed by atoms with van der Waals surface area (Å²) >= 11 is 5.58. The lowest BCUT2D eigenvalue weighted by Gasteiger charge is -2.09. The number of hydrogen-bond donors (Lipinski definition) is 1. The molecule has 22 heavy (non-hydrogen) atoms. The fourth-order valence-electron chi connectivity index (χ4n) is 1.65. The van der Waals surface area contributed by atoms with E-state index < -0.39 is 20.8 Å². The van der Waals surface area contributed by atoms with E-state index in [1.165, 1.54) is 37.3 Å². The van der Waals surface area contributed by atoms with Crippen LogP contribution in [0.15, 0.2) is 47.4 Å². The molecule has 0 spiro atoms. The van der Waals surface area contributed by atoms with Gasteiger partial charge in [-0.2, -0.15) is 8.42 Å². The van der Waals surface area contributed by atoms with Crippen LogP contribution in [0.2, 0.25) is 5.02 Å². The van der Waals surface area contributed by atoms with Gasteiger partial charge in [0.2, 0.25) is 5.91 Å². The number of halogens is 2. The maximum Gasteiger partial charge on any atom is 0.342 e. The average molecular weight is 344 g/mol. The van der Waals surface area contributed by atoms with Gasteiger partial charge in [0, 0.05) is 17.6 Å². The molecule has 2 rings (SSSR count). The predicted octanol–water partition coefficient (Wildman–Crippen LogP) is 3.21. The first-order chi connectivity index (χ1) is 10.3. The first-order valence-electron chi connectivity index (χ1n) is 6.05. The third kappa shape index (κ3) is 3.96. The van der Waals surface area contributed by atoms with Gasteiger partial charge in [0.1, 0.15) is 16.5 Å². The van der Waals surface area contributed by atoms with Crippen LogP contribution in [0, 0.1) is 5.82 Å². The molecule has 8 heteroatoms. The molecule has 0 bridgehead atoms. The minimum Gasteiger partial charge on any atom is -0.379 e. The van der Waals surface area contributed by atoms with E-state index >= 15 is 0 Å². The molecule has 0 aliphatic rings. The van der Waals surface area contributed by atoms with E-state index in [1.54, 1.807) is 0 Å². The summed E-state index contributed by atoms with van der Waals surface area (Å²) in [6, 6.07) is 8.78. The standard InChI is InChI=1S/C14H11ClFNO4S/c1-9(18)17-11-3-5-12(6-4-11)21-22(19,20)14-7-2-10(15)8-13(14)16/h2-8H,1H3,(H,17,18). The molecule has 2 aromatic rings. The molecule has 0 saturated carbocycles. The Balaban J connectivity index is 2.23. The van der Waals surface area contributed by atoms with Gasteiger partial charge >= 0.3 is 10.1 Å². The van der Waals surface area contributed by atoms with Gasteiger partial charge in [0.25, 0.3) is 0 Å². The Morgan fingerprint density at radius 3 is 2.36 bits per heavy atom. The molecule has 0 aromatic heterocycles. The SMILES string of the molecule is CC(=O)Nc1ccc(OS(=O)(=O)c2ccc(Cl)cc2F)cc1. The molecule has 0 saturated heterocycles. The third-order valence-electron chi connectivity index (χ3n) is 2.54. The highest BCUT2D eigenvalue weighted by molar-refractivity contribution is 7.87. The molecule has 116 valence electrons. The predicted molar refractivity (Wildman–Crippen MR) is 80.0 cm³/mol. The van der Waals surface area contributed by atoms with E-state index in [2.05, 4.69) is 5.32 Å². The second-order valence-electron chi connectivity index (χ2n) is 4.32. The third-order valence-corrected chi connectivity index (χ3v) is 4.06. The van der Waals surface area contributed by atoms with Gasteiger partial charge in [0.05, 0.1) is 0 Å². The van der Waals surface area contributed by atoms with Crippen molar-refractivity contribution < 1.29 is 21.8 Å². The van der Waals surface area contributed by atoms with Gasteiger partial charge in [-0.15, -0.1) is 0 Å². The Morgan fingerprint density at radius 1 is 1.18 bits per heavy atom. The Kier molecular flexibility index (Phi) is 4.68. The van der Waals surface area contributed by atoms with Crippen molar-refractivity contribution in [3.63, 3.8) is 0 Å². The molecule has 0 radical (unpaired) electrons. The molecule has 0 unspecified atom stereocenters. The van der Waals surface area contributed by atoms with Gasteiger partial charge in [-0.3, -0.25) is 4.79 Å². The number of amides is 1. The van der Waals surface area contributed by atoms with Crippen molar-refractivity contribution in [1.82, 2.24) is 0 Å². The summed E-state index contributed by atoms with van der Waals surface area (Å²) in [4.78, 5) is 10.3. The molecule has 0 heterocycles. The van der Waals surface area contributed by atoms with Crippen molar-refractivity contribution in [3.8, 4) is 5.75 Å². The van der Waals surface area contributed by atoms with Crippen molar-refractivity contribution in [2.24, 2.45) is 0 Å². The van der Waals surface area contributed by atoms with Crippen LogP contribution in [-0.2, 0) is 14.9 Å². The molecule has 0 atom stereocenters. The Morgan fingerprint density at radius 2 is 1.82 bits per heavy atom. The van der Waals surface area contributed by atoms with E-state index in [0.717, 1.165) is 12.1 Å². The second-order valence-corrected chi connectivity index (χ2v) is 6.27. The molecule has 1 amide bonds. The first-order valence-corrected chi connectivity index (χ1v) is 7.84. The zero-order chi connectivity index (χ0) is 16.3. The van der Waals surface area contributed by atoms with Crippen LogP contribution in [0.1, 0.15) is 6.92 Å². The summed E-state index contributed by atoms with van der Waals surface area (Å²) < 4.78 is 42.6. The number of carbonyl (C=O) groups is 1. The van der Waals surface area contributed by atoms with Gasteiger partial charge < -0.3 is 9.50 Å². The summed E-state index contributed by atoms with van der Waals surface area (Å²) in [6.07, 6.45) is 0. The topological polar surface area (TPSA) is 72.5 Å². The number of benzene rings is 2. The second kappa shape index (κ2) is 6.33. The quantitative estimate of drug-likeness (QED) is 0.865. The van der Waals surface area contributed by atoms with Crippen LogP contribution in [0.5, 0.6) is 5.75 Å². The molecule has 0 aliphatic heterocycles. The van der Waals surface area contributed by atoms with Crippen molar-refractivity contribution >= 4 is 33.3 Å². The van der Waals surface area contributed by atoms with Crippen LogP contribution in [0.3, 0.4) is 0 Å². The maximum absolute atomic E-state index is 13.7. The molecule has 0 fully saturated rings. The van der Waals surface area contributed by atoms with E-state index in [0.29, 0.717) is 5.69 Å². The largest absolute Gasteiger partial charge is 0.379 e. The van der Waals surface area contributed by atoms with E-state index in [4.69, 9.17) is 15.8 Å². The lowest BCUT2D eigenvalue weighted by Crippen LogP contribution is -2.12. The number of hydrogen-bond acceptors (Lipinski definition) is 4. The van der Waals surface area contributed by atoms with Crippen molar-refractivity contribution in [1.29, 1.82) is 0 Å². The summed E-state index contributed by atoms with van der Waals surface area (Å²) in [6.45, 7) is 1.35. The fraction of sp³-hybridized carbons (Fsp3) is 0.0714. The number of carbonyl (C=O) groups excluding carboxylic acids is 1. The summed E-state index contributed by atoms with van der Waals surface area (Å²) in [7, 11) is -4.32. The summed E-state index contributed by atoms with van der Waals surface area (Å²) in [5, 5.41) is 2.60. The fourth-order valence-corrected chi connectivity index (χ4v) is 2.79. The van der Waals surface area contributed by atoms with Crippen molar-refractivity contribution in [3.05, 3.63) is 53.3 Å². The van der Waals surface area contributed by atoms with Gasteiger partial charge in [-0.25, -0.2) is 4.39 Å². The van der Waals surface area contributed by atoms with Crippen LogP contribution in [-0.4, -0.2) is 14.3 Å². The highest BCUT2D eigenvalue weighted by Crippen LogP contribution is 2.24. The van der Waals surface area contributed by atoms with Gasteiger partial charge in [0.15, 0.2) is 0 Å². The zero-order valence-corrected chi connectivity index (χ0v) is 12.9. The molecule has 2 aromatic carbocycles. The Labute approximate surface area is 131 Å². The number of nitrogens with one attached hydrogen (secondary N) is 1. The number of rotatable bonds is 4. The number of anilines is 1. The van der Waals surface area contributed by atoms with Gasteiger partial charge in [-0.05, 0) is 42.5 Å².